The molecular formula is C20H17F3N4O2S. The van der Waals surface area contributed by atoms with Gasteiger partial charge in [0.15, 0.2) is 5.69 Å². The predicted molar refractivity (Wildman–Crippen MR) is 103 cm³/mol. The first-order valence-corrected chi connectivity index (χ1v) is 10.2. The van der Waals surface area contributed by atoms with Crippen LogP contribution in [0.25, 0.3) is 21.6 Å². The van der Waals surface area contributed by atoms with E-state index in [0.29, 0.717) is 15.8 Å². The van der Waals surface area contributed by atoms with Crippen LogP contribution in [-0.2, 0) is 29.4 Å². The van der Waals surface area contributed by atoms with Gasteiger partial charge < -0.3 is 4.57 Å². The summed E-state index contributed by atoms with van der Waals surface area (Å²) in [7, 11) is 1.51. The average Bonchev–Trinajstić information content (AvgIpc) is 3.03. The normalized spacial score (nSPS) is 22.8. The number of aryl methyl sites for hydroxylation is 1. The zero-order valence-corrected chi connectivity index (χ0v) is 17.1. The van der Waals surface area contributed by atoms with E-state index in [1.807, 2.05) is 13.8 Å². The third-order valence-electron chi connectivity index (χ3n) is 6.08. The van der Waals surface area contributed by atoms with E-state index in [0.717, 1.165) is 11.1 Å². The summed E-state index contributed by atoms with van der Waals surface area (Å²) in [5.74, 6) is -0.624. The van der Waals surface area contributed by atoms with Crippen LogP contribution in [0, 0.1) is 17.3 Å². The van der Waals surface area contributed by atoms with E-state index in [9.17, 15) is 22.8 Å². The molecule has 0 aromatic carbocycles. The maximum absolute atomic E-state index is 13.1. The van der Waals surface area contributed by atoms with E-state index in [4.69, 9.17) is 0 Å². The molecule has 2 amide bonds. The van der Waals surface area contributed by atoms with Crippen LogP contribution < -0.4 is 0 Å². The highest BCUT2D eigenvalue weighted by Crippen LogP contribution is 2.63. The molecule has 1 aliphatic heterocycles. The molecule has 2 aliphatic rings. The molecule has 10 heteroatoms. The van der Waals surface area contributed by atoms with Crippen LogP contribution in [-0.4, -0.2) is 31.2 Å². The quantitative estimate of drug-likeness (QED) is 0.587. The number of amides is 2. The van der Waals surface area contributed by atoms with Crippen molar-refractivity contribution in [3.63, 3.8) is 0 Å². The minimum Gasteiger partial charge on any atom is -0.333 e. The zero-order valence-electron chi connectivity index (χ0n) is 16.3. The second kappa shape index (κ2) is 5.90. The van der Waals surface area contributed by atoms with E-state index in [-0.39, 0.29) is 41.4 Å². The summed E-state index contributed by atoms with van der Waals surface area (Å²) in [6.45, 7) is 4.00. The number of halogens is 3. The summed E-state index contributed by atoms with van der Waals surface area (Å²) in [4.78, 5) is 35.3. The Hall–Kier alpha value is -2.75. The number of carbonyl (C=O) groups excluding carboxylic acids is 2. The maximum atomic E-state index is 13.1. The lowest BCUT2D eigenvalue weighted by molar-refractivity contribution is -0.144. The highest BCUT2D eigenvalue weighted by atomic mass is 32.1. The second-order valence-electron chi connectivity index (χ2n) is 8.38. The number of imidazole rings is 1. The van der Waals surface area contributed by atoms with E-state index >= 15 is 0 Å². The highest BCUT2D eigenvalue weighted by molar-refractivity contribution is 7.19. The summed E-state index contributed by atoms with van der Waals surface area (Å²) < 4.78 is 41.2. The van der Waals surface area contributed by atoms with Crippen molar-refractivity contribution >= 4 is 33.4 Å². The van der Waals surface area contributed by atoms with Crippen molar-refractivity contribution in [1.82, 2.24) is 19.4 Å². The Kier molecular flexibility index (Phi) is 3.78. The first-order valence-electron chi connectivity index (χ1n) is 9.33. The lowest BCUT2D eigenvalue weighted by Crippen LogP contribution is -2.35. The summed E-state index contributed by atoms with van der Waals surface area (Å²) in [6, 6.07) is 3.39. The number of rotatable bonds is 3. The molecule has 2 fully saturated rings. The van der Waals surface area contributed by atoms with Gasteiger partial charge in [-0.25, -0.2) is 4.98 Å². The molecule has 30 heavy (non-hydrogen) atoms. The number of imide groups is 1. The molecule has 0 radical (unpaired) electrons. The number of hydrogen-bond acceptors (Lipinski definition) is 5. The number of thiophene rings is 1. The molecule has 5 rings (SSSR count). The Balaban J connectivity index is 1.49. The van der Waals surface area contributed by atoms with Crippen molar-refractivity contribution in [2.75, 3.05) is 0 Å². The fourth-order valence-corrected chi connectivity index (χ4v) is 5.52. The number of fused-ring (bicyclic) bond motifs is 2. The van der Waals surface area contributed by atoms with E-state index < -0.39 is 11.9 Å². The molecule has 0 N–H and O–H groups in total. The summed E-state index contributed by atoms with van der Waals surface area (Å²) in [6.07, 6.45) is -2.07. The largest absolute Gasteiger partial charge is 0.434 e. The van der Waals surface area contributed by atoms with Crippen molar-refractivity contribution in [1.29, 1.82) is 0 Å². The van der Waals surface area contributed by atoms with Crippen LogP contribution in [0.4, 0.5) is 13.2 Å². The number of alkyl halides is 3. The standard InChI is InChI=1S/C20H17F3N4O2S/c1-19(2)13-14(19)18(29)27(17(13)28)7-9-6-11-15(30-9)10(4-5-24-11)16-25-12(8-26(16)3)20(21,22)23/h4-6,8,13-14H,7H2,1-3H3. The molecule has 1 saturated carbocycles. The van der Waals surface area contributed by atoms with E-state index in [1.165, 1.54) is 34.0 Å². The SMILES string of the molecule is Cn1cc(C(F)(F)F)nc1-c1ccnc2cc(CN3C(=O)C4C(C3=O)C4(C)C)sc12. The monoisotopic (exact) mass is 434 g/mol. The Morgan fingerprint density at radius 2 is 1.87 bits per heavy atom. The summed E-state index contributed by atoms with van der Waals surface area (Å²) in [5, 5.41) is 0. The first-order chi connectivity index (χ1) is 14.0. The van der Waals surface area contributed by atoms with Crippen molar-refractivity contribution in [2.45, 2.75) is 26.6 Å². The molecule has 3 aromatic rings. The lowest BCUT2D eigenvalue weighted by Gasteiger charge is -2.19. The molecule has 0 bridgehead atoms. The third-order valence-corrected chi connectivity index (χ3v) is 7.22. The number of likely N-dealkylation sites (tertiary alicyclic amines) is 1. The van der Waals surface area contributed by atoms with Crippen LogP contribution in [0.15, 0.2) is 24.5 Å². The van der Waals surface area contributed by atoms with Gasteiger partial charge in [-0.1, -0.05) is 13.8 Å². The van der Waals surface area contributed by atoms with Crippen molar-refractivity contribution in [3.05, 3.63) is 35.1 Å². The molecule has 2 atom stereocenters. The number of aromatic nitrogens is 3. The van der Waals surface area contributed by atoms with Crippen molar-refractivity contribution in [2.24, 2.45) is 24.3 Å². The lowest BCUT2D eigenvalue weighted by atomic mass is 10.1. The fourth-order valence-electron chi connectivity index (χ4n) is 4.41. The van der Waals surface area contributed by atoms with Gasteiger partial charge in [0.1, 0.15) is 5.82 Å². The van der Waals surface area contributed by atoms with Gasteiger partial charge in [-0.3, -0.25) is 19.5 Å². The third kappa shape index (κ3) is 2.62. The first kappa shape index (κ1) is 19.2. The number of carbonyl (C=O) groups is 2. The van der Waals surface area contributed by atoms with Gasteiger partial charge in [-0.2, -0.15) is 13.2 Å². The van der Waals surface area contributed by atoms with Crippen molar-refractivity contribution < 1.29 is 22.8 Å². The zero-order chi connectivity index (χ0) is 21.6. The maximum Gasteiger partial charge on any atom is 0.434 e. The molecule has 0 spiro atoms. The van der Waals surface area contributed by atoms with Gasteiger partial charge in [0, 0.05) is 29.9 Å². The van der Waals surface area contributed by atoms with Gasteiger partial charge in [0.25, 0.3) is 0 Å². The van der Waals surface area contributed by atoms with Crippen LogP contribution in [0.3, 0.4) is 0 Å². The van der Waals surface area contributed by atoms with Gasteiger partial charge >= 0.3 is 6.18 Å². The van der Waals surface area contributed by atoms with Crippen LogP contribution in [0.5, 0.6) is 0 Å². The molecule has 4 heterocycles. The number of hydrogen-bond donors (Lipinski definition) is 0. The smallest absolute Gasteiger partial charge is 0.333 e. The Morgan fingerprint density at radius 3 is 2.47 bits per heavy atom. The topological polar surface area (TPSA) is 68.1 Å². The highest BCUT2D eigenvalue weighted by Gasteiger charge is 2.72. The fraction of sp³-hybridized carbons (Fsp3) is 0.400. The molecule has 2 unspecified atom stereocenters. The second-order valence-corrected chi connectivity index (χ2v) is 9.52. The molecule has 1 saturated heterocycles. The molecule has 156 valence electrons. The number of nitrogens with zero attached hydrogens (tertiary/aromatic N) is 4. The van der Waals surface area contributed by atoms with Crippen LogP contribution in [0.2, 0.25) is 0 Å². The van der Waals surface area contributed by atoms with E-state index in [1.54, 1.807) is 12.1 Å². The predicted octanol–water partition coefficient (Wildman–Crippen LogP) is 3.86. The van der Waals surface area contributed by atoms with Gasteiger partial charge in [-0.05, 0) is 17.5 Å². The van der Waals surface area contributed by atoms with Gasteiger partial charge in [0.05, 0.1) is 28.6 Å². The Morgan fingerprint density at radius 1 is 1.20 bits per heavy atom. The summed E-state index contributed by atoms with van der Waals surface area (Å²) >= 11 is 1.31. The summed E-state index contributed by atoms with van der Waals surface area (Å²) in [5.41, 5.74) is -0.115. The van der Waals surface area contributed by atoms with Crippen molar-refractivity contribution in [3.8, 4) is 11.4 Å². The van der Waals surface area contributed by atoms with Gasteiger partial charge in [0.2, 0.25) is 11.8 Å². The molecule has 3 aromatic heterocycles. The van der Waals surface area contributed by atoms with E-state index in [2.05, 4.69) is 9.97 Å². The van der Waals surface area contributed by atoms with Crippen LogP contribution in [0.1, 0.15) is 24.4 Å². The molecule has 6 nitrogen and oxygen atoms in total. The minimum absolute atomic E-state index is 0.148. The minimum atomic E-state index is -4.53. The Bertz CT molecular complexity index is 1200. The number of pyridine rings is 1. The molecule has 1 aliphatic carbocycles. The van der Waals surface area contributed by atoms with Gasteiger partial charge in [-0.15, -0.1) is 11.3 Å². The Labute approximate surface area is 173 Å². The molecular weight excluding hydrogens is 417 g/mol. The average molecular weight is 434 g/mol. The number of piperidine rings is 1. The van der Waals surface area contributed by atoms with Crippen LogP contribution >= 0.6 is 11.3 Å².